The number of hydrogen-bond donors (Lipinski definition) is 4. The highest BCUT2D eigenvalue weighted by molar-refractivity contribution is 6.15. The number of rotatable bonds is 6. The smallest absolute Gasteiger partial charge is 0.203 e. The van der Waals surface area contributed by atoms with Crippen molar-refractivity contribution >= 4 is 43.1 Å². The molecule has 0 amide bonds. The lowest BCUT2D eigenvalue weighted by atomic mass is 9.99. The maximum Gasteiger partial charge on any atom is 0.203 e. The Morgan fingerprint density at radius 1 is 0.341 bits per heavy atom. The van der Waals surface area contributed by atoms with Crippen molar-refractivity contribution < 1.29 is 48.8 Å². The van der Waals surface area contributed by atoms with Crippen LogP contribution in [0.3, 0.4) is 0 Å². The average Bonchev–Trinajstić information content (AvgIpc) is 3.03. The molecule has 4 N–H and O–H groups in total. The van der Waals surface area contributed by atoms with Crippen molar-refractivity contribution in [3.05, 3.63) is 60.7 Å². The molecule has 44 heavy (non-hydrogen) atoms. The molecular formula is C34H32O10. The van der Waals surface area contributed by atoms with Gasteiger partial charge < -0.3 is 48.8 Å². The van der Waals surface area contributed by atoms with Crippen LogP contribution >= 0.6 is 0 Å². The van der Waals surface area contributed by atoms with E-state index in [9.17, 15) is 20.4 Å². The van der Waals surface area contributed by atoms with E-state index in [1.54, 1.807) is 36.4 Å². The third kappa shape index (κ3) is 4.70. The zero-order valence-corrected chi connectivity index (χ0v) is 25.0. The van der Waals surface area contributed by atoms with E-state index in [0.29, 0.717) is 23.0 Å². The molecule has 10 heteroatoms. The summed E-state index contributed by atoms with van der Waals surface area (Å²) in [5.74, 6) is 2.38. The van der Waals surface area contributed by atoms with Gasteiger partial charge in [-0.05, 0) is 70.1 Å². The van der Waals surface area contributed by atoms with Gasteiger partial charge >= 0.3 is 0 Å². The first-order valence-electron chi connectivity index (χ1n) is 13.4. The summed E-state index contributed by atoms with van der Waals surface area (Å²) in [6, 6.07) is 17.3. The topological polar surface area (TPSA) is 136 Å². The van der Waals surface area contributed by atoms with Crippen molar-refractivity contribution in [3.63, 3.8) is 0 Å². The van der Waals surface area contributed by atoms with Gasteiger partial charge in [0.1, 0.15) is 0 Å². The van der Waals surface area contributed by atoms with Crippen LogP contribution in [0.1, 0.15) is 0 Å². The molecule has 0 radical (unpaired) electrons. The van der Waals surface area contributed by atoms with Crippen LogP contribution in [0.2, 0.25) is 0 Å². The number of benzene rings is 6. The molecule has 0 saturated carbocycles. The Morgan fingerprint density at radius 2 is 0.659 bits per heavy atom. The van der Waals surface area contributed by atoms with Gasteiger partial charge in [0.15, 0.2) is 46.0 Å². The summed E-state index contributed by atoms with van der Waals surface area (Å²) >= 11 is 0. The number of fused-ring (bicyclic) bond motifs is 6. The largest absolute Gasteiger partial charge is 0.504 e. The highest BCUT2D eigenvalue weighted by Crippen LogP contribution is 2.49. The van der Waals surface area contributed by atoms with Gasteiger partial charge in [0, 0.05) is 21.5 Å². The minimum atomic E-state index is 0.0111. The highest BCUT2D eigenvalue weighted by Gasteiger charge is 2.20. The zero-order valence-electron chi connectivity index (χ0n) is 25.0. The normalized spacial score (nSPS) is 10.9. The lowest BCUT2D eigenvalue weighted by Gasteiger charge is -2.15. The fraction of sp³-hybridized carbons (Fsp3) is 0.176. The molecule has 0 spiro atoms. The van der Waals surface area contributed by atoms with E-state index in [1.807, 2.05) is 24.3 Å². The Morgan fingerprint density at radius 3 is 0.977 bits per heavy atom. The number of hydrogen-bond acceptors (Lipinski definition) is 10. The second-order valence-electron chi connectivity index (χ2n) is 9.68. The molecule has 6 aromatic rings. The molecule has 0 unspecified atom stereocenters. The van der Waals surface area contributed by atoms with Crippen LogP contribution in [-0.2, 0) is 0 Å². The zero-order chi connectivity index (χ0) is 31.7. The van der Waals surface area contributed by atoms with Crippen LogP contribution in [0.5, 0.6) is 57.5 Å². The summed E-state index contributed by atoms with van der Waals surface area (Å²) in [6.45, 7) is 0. The predicted molar refractivity (Wildman–Crippen MR) is 169 cm³/mol. The maximum absolute atomic E-state index is 10.1. The fourth-order valence-corrected chi connectivity index (χ4v) is 5.61. The first-order valence-corrected chi connectivity index (χ1v) is 13.4. The van der Waals surface area contributed by atoms with E-state index in [2.05, 4.69) is 0 Å². The van der Waals surface area contributed by atoms with E-state index >= 15 is 0 Å². The van der Waals surface area contributed by atoms with Gasteiger partial charge in [-0.2, -0.15) is 0 Å². The van der Waals surface area contributed by atoms with E-state index in [-0.39, 0.29) is 34.5 Å². The summed E-state index contributed by atoms with van der Waals surface area (Å²) in [5.41, 5.74) is 0. The molecular weight excluding hydrogens is 568 g/mol. The molecule has 0 aromatic heterocycles. The summed E-state index contributed by atoms with van der Waals surface area (Å²) in [6.07, 6.45) is 0. The van der Waals surface area contributed by atoms with E-state index in [0.717, 1.165) is 43.1 Å². The Kier molecular flexibility index (Phi) is 8.09. The first-order chi connectivity index (χ1) is 21.2. The van der Waals surface area contributed by atoms with E-state index in [4.69, 9.17) is 28.4 Å². The quantitative estimate of drug-likeness (QED) is 0.150. The summed E-state index contributed by atoms with van der Waals surface area (Å²) in [5, 5.41) is 46.3. The lowest BCUT2D eigenvalue weighted by Crippen LogP contribution is -1.94. The van der Waals surface area contributed by atoms with Crippen LogP contribution < -0.4 is 28.4 Å². The predicted octanol–water partition coefficient (Wildman–Crippen LogP) is 6.86. The summed E-state index contributed by atoms with van der Waals surface area (Å²) < 4.78 is 32.0. The van der Waals surface area contributed by atoms with Crippen LogP contribution in [-0.4, -0.2) is 63.1 Å². The summed E-state index contributed by atoms with van der Waals surface area (Å²) in [4.78, 5) is 0. The molecule has 0 fully saturated rings. The van der Waals surface area contributed by atoms with Crippen molar-refractivity contribution in [1.29, 1.82) is 0 Å². The molecule has 0 aliphatic carbocycles. The molecule has 6 rings (SSSR count). The third-order valence-corrected chi connectivity index (χ3v) is 7.47. The SMILES string of the molecule is COc1c(O)cc2ccc3c(OC)c(O)ccc3c2c1OC.COc1c(O)cc2ccc3c(OC)c(O)ccc3c2c1OC. The van der Waals surface area contributed by atoms with Gasteiger partial charge in [0.25, 0.3) is 0 Å². The fourth-order valence-electron chi connectivity index (χ4n) is 5.61. The van der Waals surface area contributed by atoms with Crippen LogP contribution in [0.4, 0.5) is 0 Å². The minimum Gasteiger partial charge on any atom is -0.504 e. The average molecular weight is 601 g/mol. The molecule has 0 saturated heterocycles. The standard InChI is InChI=1S/2C17H16O5/c2*1-20-15-11-5-4-9-8-13(19)16(21-2)17(22-3)14(9)10(11)6-7-12(15)18/h2*4-8,18-19H,1-3H3. The van der Waals surface area contributed by atoms with Crippen molar-refractivity contribution in [1.82, 2.24) is 0 Å². The van der Waals surface area contributed by atoms with Gasteiger partial charge in [0.2, 0.25) is 11.5 Å². The van der Waals surface area contributed by atoms with Gasteiger partial charge in [-0.15, -0.1) is 0 Å². The maximum atomic E-state index is 10.1. The monoisotopic (exact) mass is 600 g/mol. The molecule has 10 nitrogen and oxygen atoms in total. The molecule has 0 aliphatic heterocycles. The highest BCUT2D eigenvalue weighted by atomic mass is 16.5. The van der Waals surface area contributed by atoms with Gasteiger partial charge in [-0.25, -0.2) is 0 Å². The van der Waals surface area contributed by atoms with Gasteiger partial charge in [-0.3, -0.25) is 0 Å². The van der Waals surface area contributed by atoms with Gasteiger partial charge in [0.05, 0.1) is 42.7 Å². The molecule has 0 aliphatic rings. The number of phenolic OH excluding ortho intramolecular Hbond substituents is 4. The second-order valence-corrected chi connectivity index (χ2v) is 9.68. The number of aromatic hydroxyl groups is 4. The second kappa shape index (κ2) is 11.9. The Balaban J connectivity index is 0.000000175. The molecule has 0 heterocycles. The van der Waals surface area contributed by atoms with Crippen LogP contribution in [0.15, 0.2) is 60.7 Å². The summed E-state index contributed by atoms with van der Waals surface area (Å²) in [7, 11) is 9.00. The number of phenols is 4. The van der Waals surface area contributed by atoms with Crippen molar-refractivity contribution in [2.75, 3.05) is 42.7 Å². The molecule has 0 atom stereocenters. The Bertz CT molecular complexity index is 1890. The van der Waals surface area contributed by atoms with Crippen molar-refractivity contribution in [2.45, 2.75) is 0 Å². The Hall–Kier alpha value is -5.64. The van der Waals surface area contributed by atoms with E-state index < -0.39 is 0 Å². The lowest BCUT2D eigenvalue weighted by molar-refractivity contribution is 0.336. The molecule has 228 valence electrons. The van der Waals surface area contributed by atoms with E-state index in [1.165, 1.54) is 42.7 Å². The van der Waals surface area contributed by atoms with Crippen molar-refractivity contribution in [2.24, 2.45) is 0 Å². The number of methoxy groups -OCH3 is 6. The number of ether oxygens (including phenoxy) is 6. The Labute approximate surface area is 252 Å². The van der Waals surface area contributed by atoms with Crippen LogP contribution in [0, 0.1) is 0 Å². The van der Waals surface area contributed by atoms with Gasteiger partial charge in [-0.1, -0.05) is 12.1 Å². The minimum absolute atomic E-state index is 0.0111. The van der Waals surface area contributed by atoms with Crippen LogP contribution in [0.25, 0.3) is 43.1 Å². The third-order valence-electron chi connectivity index (χ3n) is 7.47. The molecule has 6 aromatic carbocycles. The molecule has 0 bridgehead atoms. The van der Waals surface area contributed by atoms with Crippen molar-refractivity contribution in [3.8, 4) is 57.5 Å². The first kappa shape index (κ1) is 29.8.